The van der Waals surface area contributed by atoms with Gasteiger partial charge in [0.15, 0.2) is 0 Å². The second kappa shape index (κ2) is 3.50. The van der Waals surface area contributed by atoms with Crippen LogP contribution in [0.25, 0.3) is 0 Å². The minimum Gasteiger partial charge on any atom is -0.480 e. The molecule has 13 heavy (non-hydrogen) atoms. The van der Waals surface area contributed by atoms with Crippen LogP contribution in [0.3, 0.4) is 0 Å². The molecule has 1 fully saturated rings. The van der Waals surface area contributed by atoms with E-state index in [1.165, 1.54) is 0 Å². The van der Waals surface area contributed by atoms with Crippen molar-refractivity contribution in [2.24, 2.45) is 5.92 Å². The van der Waals surface area contributed by atoms with Gasteiger partial charge in [-0.25, -0.2) is 0 Å². The number of carbonyl (C=O) groups is 1. The van der Waals surface area contributed by atoms with Crippen LogP contribution in [0.2, 0.25) is 0 Å². The average Bonchev–Trinajstić information content (AvgIpc) is 2.25. The van der Waals surface area contributed by atoms with Crippen LogP contribution in [0.4, 0.5) is 0 Å². The Hall–Kier alpha value is -0.220. The van der Waals surface area contributed by atoms with Crippen molar-refractivity contribution in [1.29, 1.82) is 0 Å². The molecule has 0 saturated carbocycles. The Kier molecular flexibility index (Phi) is 2.92. The first-order valence-corrected chi connectivity index (χ1v) is 5.39. The van der Waals surface area contributed by atoms with Crippen LogP contribution >= 0.6 is 11.8 Å². The molecule has 1 heterocycles. The molecular weight excluding hydrogens is 186 g/mol. The predicted octanol–water partition coefficient (Wildman–Crippen LogP) is 1.54. The summed E-state index contributed by atoms with van der Waals surface area (Å²) in [5, 5.41) is 12.4. The zero-order valence-electron chi connectivity index (χ0n) is 8.50. The fourth-order valence-electron chi connectivity index (χ4n) is 1.49. The highest BCUT2D eigenvalue weighted by Crippen LogP contribution is 2.40. The van der Waals surface area contributed by atoms with E-state index in [2.05, 4.69) is 19.2 Å². The first-order chi connectivity index (χ1) is 5.84. The molecule has 0 radical (unpaired) electrons. The lowest BCUT2D eigenvalue weighted by Gasteiger charge is -2.21. The van der Waals surface area contributed by atoms with Gasteiger partial charge in [0.25, 0.3) is 0 Å². The lowest BCUT2D eigenvalue weighted by atomic mass is 10.0. The monoisotopic (exact) mass is 203 g/mol. The van der Waals surface area contributed by atoms with Crippen molar-refractivity contribution in [3.8, 4) is 0 Å². The molecule has 0 aromatic heterocycles. The first kappa shape index (κ1) is 10.9. The van der Waals surface area contributed by atoms with Crippen molar-refractivity contribution in [2.45, 2.75) is 43.9 Å². The molecule has 76 valence electrons. The van der Waals surface area contributed by atoms with Gasteiger partial charge in [0.05, 0.1) is 5.37 Å². The third-order valence-corrected chi connectivity index (χ3v) is 4.09. The minimum absolute atomic E-state index is 0.208. The molecule has 2 N–H and O–H groups in total. The predicted molar refractivity (Wildman–Crippen MR) is 54.9 cm³/mol. The summed E-state index contributed by atoms with van der Waals surface area (Å²) in [7, 11) is 0. The summed E-state index contributed by atoms with van der Waals surface area (Å²) in [5.74, 6) is -0.283. The zero-order chi connectivity index (χ0) is 10.2. The lowest BCUT2D eigenvalue weighted by molar-refractivity contribution is -0.139. The van der Waals surface area contributed by atoms with E-state index in [0.29, 0.717) is 5.92 Å². The van der Waals surface area contributed by atoms with Gasteiger partial charge in [-0.2, -0.15) is 0 Å². The summed E-state index contributed by atoms with van der Waals surface area (Å²) in [4.78, 5) is 10.9. The summed E-state index contributed by atoms with van der Waals surface area (Å²) in [6.45, 7) is 8.16. The molecule has 0 aromatic rings. The Bertz CT molecular complexity index is 216. The van der Waals surface area contributed by atoms with Crippen molar-refractivity contribution in [3.63, 3.8) is 0 Å². The van der Waals surface area contributed by atoms with Gasteiger partial charge < -0.3 is 5.11 Å². The van der Waals surface area contributed by atoms with Crippen LogP contribution < -0.4 is 5.32 Å². The molecule has 0 spiro atoms. The maximum atomic E-state index is 10.9. The highest BCUT2D eigenvalue weighted by atomic mass is 32.2. The molecule has 1 aliphatic heterocycles. The number of rotatable bonds is 2. The Labute approximate surface area is 83.3 Å². The first-order valence-electron chi connectivity index (χ1n) is 4.51. The van der Waals surface area contributed by atoms with E-state index in [1.807, 2.05) is 13.8 Å². The topological polar surface area (TPSA) is 49.3 Å². The Balaban J connectivity index is 2.74. The van der Waals surface area contributed by atoms with Crippen LogP contribution in [-0.2, 0) is 4.79 Å². The average molecular weight is 203 g/mol. The van der Waals surface area contributed by atoms with Crippen molar-refractivity contribution in [2.75, 3.05) is 0 Å². The molecule has 0 amide bonds. The number of nitrogens with one attached hydrogen (secondary N) is 1. The number of hydrogen-bond donors (Lipinski definition) is 2. The van der Waals surface area contributed by atoms with E-state index < -0.39 is 12.0 Å². The summed E-state index contributed by atoms with van der Waals surface area (Å²) >= 11 is 1.72. The van der Waals surface area contributed by atoms with Gasteiger partial charge in [0.1, 0.15) is 6.04 Å². The van der Waals surface area contributed by atoms with Crippen LogP contribution in [0.1, 0.15) is 27.7 Å². The largest absolute Gasteiger partial charge is 0.480 e. The van der Waals surface area contributed by atoms with Crippen LogP contribution in [0.5, 0.6) is 0 Å². The van der Waals surface area contributed by atoms with E-state index in [0.717, 1.165) is 0 Å². The smallest absolute Gasteiger partial charge is 0.322 e. The van der Waals surface area contributed by atoms with E-state index >= 15 is 0 Å². The molecule has 2 atom stereocenters. The zero-order valence-corrected chi connectivity index (χ0v) is 9.31. The Morgan fingerprint density at radius 1 is 1.54 bits per heavy atom. The fourth-order valence-corrected chi connectivity index (χ4v) is 2.93. The van der Waals surface area contributed by atoms with Gasteiger partial charge in [0, 0.05) is 4.75 Å². The van der Waals surface area contributed by atoms with Gasteiger partial charge in [-0.15, -0.1) is 11.8 Å². The third kappa shape index (κ3) is 2.17. The summed E-state index contributed by atoms with van der Waals surface area (Å²) < 4.78 is -0.208. The SMILES string of the molecule is CC(C)[C@@H]1N[C@@H](C(=O)O)C(C)(C)S1. The Morgan fingerprint density at radius 2 is 2.08 bits per heavy atom. The number of carboxylic acids is 1. The molecule has 0 aliphatic carbocycles. The molecule has 0 bridgehead atoms. The van der Waals surface area contributed by atoms with Crippen LogP contribution in [0.15, 0.2) is 0 Å². The van der Waals surface area contributed by atoms with E-state index in [9.17, 15) is 4.79 Å². The normalized spacial score (nSPS) is 32.4. The quantitative estimate of drug-likeness (QED) is 0.714. The second-order valence-electron chi connectivity index (χ2n) is 4.32. The number of thioether (sulfide) groups is 1. The third-order valence-electron chi connectivity index (χ3n) is 2.31. The molecule has 1 rings (SSSR count). The summed E-state index contributed by atoms with van der Waals surface area (Å²) in [5.41, 5.74) is 0. The van der Waals surface area contributed by atoms with Gasteiger partial charge in [-0.05, 0) is 19.8 Å². The van der Waals surface area contributed by atoms with E-state index in [1.54, 1.807) is 11.8 Å². The van der Waals surface area contributed by atoms with Crippen molar-refractivity contribution in [1.82, 2.24) is 5.32 Å². The number of hydrogen-bond acceptors (Lipinski definition) is 3. The fraction of sp³-hybridized carbons (Fsp3) is 0.889. The van der Waals surface area contributed by atoms with E-state index in [4.69, 9.17) is 5.11 Å². The van der Waals surface area contributed by atoms with Crippen LogP contribution in [0, 0.1) is 5.92 Å². The second-order valence-corrected chi connectivity index (χ2v) is 6.12. The van der Waals surface area contributed by atoms with Crippen molar-refractivity contribution < 1.29 is 9.90 Å². The molecule has 0 unspecified atom stereocenters. The van der Waals surface area contributed by atoms with Crippen LogP contribution in [-0.4, -0.2) is 27.2 Å². The lowest BCUT2D eigenvalue weighted by Crippen LogP contribution is -2.45. The molecule has 1 saturated heterocycles. The summed E-state index contributed by atoms with van der Waals surface area (Å²) in [6, 6.07) is -0.426. The molecule has 0 aromatic carbocycles. The maximum Gasteiger partial charge on any atom is 0.322 e. The highest BCUT2D eigenvalue weighted by Gasteiger charge is 2.45. The molecular formula is C9H17NO2S. The van der Waals surface area contributed by atoms with Gasteiger partial charge in [-0.3, -0.25) is 10.1 Å². The highest BCUT2D eigenvalue weighted by molar-refractivity contribution is 8.01. The Morgan fingerprint density at radius 3 is 2.31 bits per heavy atom. The van der Waals surface area contributed by atoms with Gasteiger partial charge in [-0.1, -0.05) is 13.8 Å². The molecule has 1 aliphatic rings. The molecule has 3 nitrogen and oxygen atoms in total. The number of aliphatic carboxylic acids is 1. The minimum atomic E-state index is -0.749. The number of carboxylic acid groups (broad SMARTS) is 1. The van der Waals surface area contributed by atoms with E-state index in [-0.39, 0.29) is 10.1 Å². The van der Waals surface area contributed by atoms with Gasteiger partial charge >= 0.3 is 5.97 Å². The maximum absolute atomic E-state index is 10.9. The van der Waals surface area contributed by atoms with Gasteiger partial charge in [0.2, 0.25) is 0 Å². The molecule has 4 heteroatoms. The summed E-state index contributed by atoms with van der Waals surface area (Å²) in [6.07, 6.45) is 0. The standard InChI is InChI=1S/C9H17NO2S/c1-5(2)7-10-6(8(11)12)9(3,4)13-7/h5-7,10H,1-4H3,(H,11,12)/t6-,7+/m0/s1. The van der Waals surface area contributed by atoms with Crippen molar-refractivity contribution >= 4 is 17.7 Å². The van der Waals surface area contributed by atoms with Crippen molar-refractivity contribution in [3.05, 3.63) is 0 Å².